The number of pyridine rings is 1. The Hall–Kier alpha value is -1.39. The van der Waals surface area contributed by atoms with Crippen molar-refractivity contribution in [2.24, 2.45) is 0 Å². The summed E-state index contributed by atoms with van der Waals surface area (Å²) in [5.74, 6) is -0.244. The van der Waals surface area contributed by atoms with E-state index in [0.29, 0.717) is 12.1 Å². The van der Waals surface area contributed by atoms with Gasteiger partial charge in [-0.25, -0.2) is 4.39 Å². The van der Waals surface area contributed by atoms with E-state index < -0.39 is 6.10 Å². The number of hydrogen-bond donors (Lipinski definition) is 1. The van der Waals surface area contributed by atoms with Crippen LogP contribution < -0.4 is 0 Å². The number of halogens is 1. The summed E-state index contributed by atoms with van der Waals surface area (Å²) in [5, 5.41) is 9.63. The molecule has 0 amide bonds. The maximum Gasteiger partial charge on any atom is 0.124 e. The molecule has 0 unspecified atom stereocenters. The predicted octanol–water partition coefficient (Wildman–Crippen LogP) is 3.82. The molecule has 2 aromatic rings. The normalized spacial score (nSPS) is 12.4. The quantitative estimate of drug-likeness (QED) is 0.910. The lowest BCUT2D eigenvalue weighted by Gasteiger charge is -2.07. The van der Waals surface area contributed by atoms with Crippen LogP contribution in [0.1, 0.15) is 25.1 Å². The molecule has 1 aromatic carbocycles. The molecular formula is C14H14FNOS. The molecular weight excluding hydrogens is 249 g/mol. The highest BCUT2D eigenvalue weighted by atomic mass is 32.2. The minimum absolute atomic E-state index is 0.244. The van der Waals surface area contributed by atoms with Crippen LogP contribution in [0.2, 0.25) is 0 Å². The third kappa shape index (κ3) is 3.31. The molecule has 0 radical (unpaired) electrons. The molecule has 0 bridgehead atoms. The van der Waals surface area contributed by atoms with Crippen molar-refractivity contribution >= 4 is 11.8 Å². The molecule has 0 spiro atoms. The first-order valence-electron chi connectivity index (χ1n) is 5.76. The smallest absolute Gasteiger partial charge is 0.124 e. The van der Waals surface area contributed by atoms with Crippen LogP contribution in [0.25, 0.3) is 0 Å². The van der Waals surface area contributed by atoms with Crippen LogP contribution in [0.4, 0.5) is 4.39 Å². The zero-order chi connectivity index (χ0) is 13.0. The lowest BCUT2D eigenvalue weighted by atomic mass is 10.2. The van der Waals surface area contributed by atoms with Gasteiger partial charge in [0.1, 0.15) is 5.82 Å². The minimum atomic E-state index is -0.516. The van der Waals surface area contributed by atoms with Gasteiger partial charge in [0.25, 0.3) is 0 Å². The lowest BCUT2D eigenvalue weighted by Crippen LogP contribution is -1.97. The van der Waals surface area contributed by atoms with Gasteiger partial charge in [-0.1, -0.05) is 24.8 Å². The number of hydrogen-bond acceptors (Lipinski definition) is 3. The van der Waals surface area contributed by atoms with E-state index in [2.05, 4.69) is 4.98 Å². The molecule has 0 saturated heterocycles. The van der Waals surface area contributed by atoms with Gasteiger partial charge < -0.3 is 5.11 Å². The van der Waals surface area contributed by atoms with Gasteiger partial charge in [0.15, 0.2) is 0 Å². The fourth-order valence-corrected chi connectivity index (χ4v) is 2.36. The van der Waals surface area contributed by atoms with Gasteiger partial charge >= 0.3 is 0 Å². The average Bonchev–Trinajstić information content (AvgIpc) is 2.39. The first kappa shape index (κ1) is 13.1. The Morgan fingerprint density at radius 2 is 2.11 bits per heavy atom. The second-order valence-corrected chi connectivity index (χ2v) is 5.05. The van der Waals surface area contributed by atoms with Crippen molar-refractivity contribution in [3.05, 3.63) is 54.1 Å². The maximum atomic E-state index is 13.0. The molecule has 0 aliphatic heterocycles. The van der Waals surface area contributed by atoms with Crippen molar-refractivity contribution in [2.75, 3.05) is 0 Å². The van der Waals surface area contributed by atoms with E-state index in [4.69, 9.17) is 0 Å². The summed E-state index contributed by atoms with van der Waals surface area (Å²) in [6.07, 6.45) is 1.82. The van der Waals surface area contributed by atoms with E-state index in [-0.39, 0.29) is 5.82 Å². The molecule has 1 aromatic heterocycles. The second-order valence-electron chi connectivity index (χ2n) is 3.90. The van der Waals surface area contributed by atoms with E-state index in [1.54, 1.807) is 18.3 Å². The Morgan fingerprint density at radius 1 is 1.28 bits per heavy atom. The summed E-state index contributed by atoms with van der Waals surface area (Å²) < 4.78 is 13.0. The molecule has 18 heavy (non-hydrogen) atoms. The van der Waals surface area contributed by atoms with Crippen LogP contribution in [0.3, 0.4) is 0 Å². The molecule has 2 nitrogen and oxygen atoms in total. The zero-order valence-electron chi connectivity index (χ0n) is 10.0. The van der Waals surface area contributed by atoms with Crippen molar-refractivity contribution < 1.29 is 9.50 Å². The van der Waals surface area contributed by atoms with Gasteiger partial charge in [-0.2, -0.15) is 0 Å². The highest BCUT2D eigenvalue weighted by Crippen LogP contribution is 2.28. The maximum absolute atomic E-state index is 13.0. The molecule has 0 aliphatic carbocycles. The fraction of sp³-hybridized carbons (Fsp3) is 0.214. The molecule has 4 heteroatoms. The van der Waals surface area contributed by atoms with Crippen LogP contribution in [0, 0.1) is 5.82 Å². The number of aliphatic hydroxyl groups is 1. The lowest BCUT2D eigenvalue weighted by molar-refractivity contribution is 0.169. The van der Waals surface area contributed by atoms with Gasteiger partial charge in [0.05, 0.1) is 11.8 Å². The fourth-order valence-electron chi connectivity index (χ4n) is 1.52. The van der Waals surface area contributed by atoms with Gasteiger partial charge in [-0.15, -0.1) is 0 Å². The zero-order valence-corrected chi connectivity index (χ0v) is 10.8. The third-order valence-electron chi connectivity index (χ3n) is 2.52. The van der Waals surface area contributed by atoms with Crippen LogP contribution in [-0.2, 0) is 0 Å². The van der Waals surface area contributed by atoms with Crippen LogP contribution >= 0.6 is 11.8 Å². The Kier molecular flexibility index (Phi) is 4.33. The van der Waals surface area contributed by atoms with E-state index in [1.165, 1.54) is 23.9 Å². The topological polar surface area (TPSA) is 33.1 Å². The number of nitrogens with zero attached hydrogens (tertiary/aromatic N) is 1. The predicted molar refractivity (Wildman–Crippen MR) is 70.0 cm³/mol. The van der Waals surface area contributed by atoms with E-state index in [0.717, 1.165) is 9.79 Å². The molecule has 1 atom stereocenters. The first-order valence-corrected chi connectivity index (χ1v) is 6.58. The molecule has 0 saturated carbocycles. The Bertz CT molecular complexity index is 515. The molecule has 2 rings (SSSR count). The molecule has 1 N–H and O–H groups in total. The van der Waals surface area contributed by atoms with E-state index in [1.807, 2.05) is 19.1 Å². The highest BCUT2D eigenvalue weighted by molar-refractivity contribution is 7.99. The number of rotatable bonds is 4. The molecule has 0 fully saturated rings. The van der Waals surface area contributed by atoms with Gasteiger partial charge in [-0.3, -0.25) is 4.98 Å². The van der Waals surface area contributed by atoms with Crippen molar-refractivity contribution in [3.8, 4) is 0 Å². The Morgan fingerprint density at radius 3 is 2.72 bits per heavy atom. The summed E-state index contributed by atoms with van der Waals surface area (Å²) in [7, 11) is 0. The van der Waals surface area contributed by atoms with Crippen LogP contribution in [0.5, 0.6) is 0 Å². The third-order valence-corrected chi connectivity index (χ3v) is 3.49. The largest absolute Gasteiger partial charge is 0.387 e. The van der Waals surface area contributed by atoms with Gasteiger partial charge in [0, 0.05) is 16.0 Å². The summed E-state index contributed by atoms with van der Waals surface area (Å²) in [4.78, 5) is 5.96. The van der Waals surface area contributed by atoms with Crippen molar-refractivity contribution in [3.63, 3.8) is 0 Å². The summed E-state index contributed by atoms with van der Waals surface area (Å²) >= 11 is 1.45. The minimum Gasteiger partial charge on any atom is -0.387 e. The first-order chi connectivity index (χ1) is 8.69. The number of aliphatic hydroxyl groups excluding tert-OH is 1. The average molecular weight is 263 g/mol. The Balaban J connectivity index is 2.11. The van der Waals surface area contributed by atoms with E-state index >= 15 is 0 Å². The highest BCUT2D eigenvalue weighted by Gasteiger charge is 2.06. The van der Waals surface area contributed by atoms with Gasteiger partial charge in [0.2, 0.25) is 0 Å². The number of aromatic nitrogens is 1. The molecule has 1 heterocycles. The van der Waals surface area contributed by atoms with Crippen LogP contribution in [0.15, 0.2) is 52.4 Å². The monoisotopic (exact) mass is 263 g/mol. The van der Waals surface area contributed by atoms with Crippen molar-refractivity contribution in [1.82, 2.24) is 4.98 Å². The SMILES string of the molecule is CC[C@H](O)c1ccc(Sc2cccc(F)c2)cn1. The molecule has 0 aliphatic rings. The number of benzene rings is 1. The second kappa shape index (κ2) is 5.98. The van der Waals surface area contributed by atoms with Crippen molar-refractivity contribution in [1.29, 1.82) is 0 Å². The Labute approximate surface area is 110 Å². The van der Waals surface area contributed by atoms with Crippen LogP contribution in [-0.4, -0.2) is 10.1 Å². The summed E-state index contributed by atoms with van der Waals surface area (Å²) in [5.41, 5.74) is 0.668. The summed E-state index contributed by atoms with van der Waals surface area (Å²) in [6.45, 7) is 1.90. The van der Waals surface area contributed by atoms with Crippen molar-refractivity contribution in [2.45, 2.75) is 29.2 Å². The van der Waals surface area contributed by atoms with E-state index in [9.17, 15) is 9.50 Å². The standard InChI is InChI=1S/C14H14FNOS/c1-2-14(17)13-7-6-12(9-16-13)18-11-5-3-4-10(15)8-11/h3-9,14,17H,2H2,1H3/t14-/m0/s1. The summed E-state index contributed by atoms with van der Waals surface area (Å²) in [6, 6.07) is 10.1. The molecule has 94 valence electrons. The van der Waals surface area contributed by atoms with Gasteiger partial charge in [-0.05, 0) is 36.8 Å².